The van der Waals surface area contributed by atoms with E-state index in [0.29, 0.717) is 29.5 Å². The topological polar surface area (TPSA) is 73.0 Å². The van der Waals surface area contributed by atoms with Crippen LogP contribution in [0.4, 0.5) is 38.1 Å². The van der Waals surface area contributed by atoms with Crippen molar-refractivity contribution in [3.05, 3.63) is 102 Å². The Morgan fingerprint density at radius 3 is 2.40 bits per heavy atom. The number of pyridine rings is 1. The van der Waals surface area contributed by atoms with E-state index in [1.165, 1.54) is 29.0 Å². The number of carbonyl (C=O) groups excluding carboxylic acids is 1. The van der Waals surface area contributed by atoms with Gasteiger partial charge < -0.3 is 25.2 Å². The Morgan fingerprint density at radius 1 is 0.920 bits per heavy atom. The van der Waals surface area contributed by atoms with Gasteiger partial charge in [0.25, 0.3) is 0 Å². The van der Waals surface area contributed by atoms with Crippen molar-refractivity contribution < 1.29 is 31.5 Å². The number of hydrogen-bond donors (Lipinski definition) is 2. The highest BCUT2D eigenvalue weighted by molar-refractivity contribution is 7.22. The van der Waals surface area contributed by atoms with Gasteiger partial charge in [-0.25, -0.2) is 13.6 Å². The minimum Gasteiger partial charge on any atom is -0.453 e. The molecule has 0 atom stereocenters. The van der Waals surface area contributed by atoms with Gasteiger partial charge in [-0.2, -0.15) is 13.2 Å². The Morgan fingerprint density at radius 2 is 1.68 bits per heavy atom. The van der Waals surface area contributed by atoms with Gasteiger partial charge >= 0.3 is 12.2 Å². The second kappa shape index (κ2) is 15.1. The summed E-state index contributed by atoms with van der Waals surface area (Å²) in [7, 11) is 4.30. The molecule has 0 aliphatic carbocycles. The Labute approximate surface area is 290 Å². The zero-order chi connectivity index (χ0) is 35.4. The highest BCUT2D eigenvalue weighted by Crippen LogP contribution is 2.40. The van der Waals surface area contributed by atoms with E-state index in [9.17, 15) is 22.4 Å². The van der Waals surface area contributed by atoms with Crippen molar-refractivity contribution in [2.24, 2.45) is 0 Å². The Kier molecular flexibility index (Phi) is 10.6. The SMILES string of the molecule is CN1CCN(CCN(C)Cc2ccc(-c3cc4nccc(Oc5ccc(NC(=O)Nc6cc(C(F)(F)F)ccc6F)cc5F)c4s3)cc2)CC1. The molecule has 0 saturated carbocycles. The van der Waals surface area contributed by atoms with Gasteiger partial charge in [0, 0.05) is 74.7 Å². The number of likely N-dealkylation sites (N-methyl/N-ethyl adjacent to an activating group) is 2. The molecule has 0 radical (unpaired) electrons. The molecule has 6 rings (SSSR count). The molecule has 2 N–H and O–H groups in total. The Bertz CT molecular complexity index is 1960. The molecule has 3 aromatic carbocycles. The van der Waals surface area contributed by atoms with Crippen molar-refractivity contribution >= 4 is 39.0 Å². The number of anilines is 2. The van der Waals surface area contributed by atoms with Crippen molar-refractivity contribution in [3.63, 3.8) is 0 Å². The van der Waals surface area contributed by atoms with Crippen molar-refractivity contribution in [2.75, 3.05) is 64.0 Å². The van der Waals surface area contributed by atoms with E-state index in [1.807, 2.05) is 11.4 Å². The van der Waals surface area contributed by atoms with E-state index < -0.39 is 35.1 Å². The van der Waals surface area contributed by atoms with Gasteiger partial charge in [-0.3, -0.25) is 9.88 Å². The van der Waals surface area contributed by atoms with Crippen LogP contribution in [-0.2, 0) is 12.7 Å². The molecule has 1 saturated heterocycles. The lowest BCUT2D eigenvalue weighted by atomic mass is 10.1. The number of amides is 2. The highest BCUT2D eigenvalue weighted by Gasteiger charge is 2.31. The first-order chi connectivity index (χ1) is 23.9. The molecule has 1 aliphatic rings. The fourth-order valence-corrected chi connectivity index (χ4v) is 6.62. The lowest BCUT2D eigenvalue weighted by Crippen LogP contribution is -2.46. The van der Waals surface area contributed by atoms with E-state index in [0.717, 1.165) is 67.0 Å². The largest absolute Gasteiger partial charge is 0.453 e. The van der Waals surface area contributed by atoms with E-state index in [1.54, 1.807) is 12.3 Å². The molecular formula is C36H35F5N6O2S. The predicted octanol–water partition coefficient (Wildman–Crippen LogP) is 8.38. The van der Waals surface area contributed by atoms with Crippen molar-refractivity contribution in [2.45, 2.75) is 12.7 Å². The fourth-order valence-electron chi connectivity index (χ4n) is 5.55. The normalized spacial score (nSPS) is 14.3. The molecule has 5 aromatic rings. The molecule has 50 heavy (non-hydrogen) atoms. The van der Waals surface area contributed by atoms with Crippen LogP contribution >= 0.6 is 11.3 Å². The molecule has 0 spiro atoms. The van der Waals surface area contributed by atoms with Gasteiger partial charge in [-0.05, 0) is 61.6 Å². The van der Waals surface area contributed by atoms with E-state index in [2.05, 4.69) is 63.4 Å². The maximum absolute atomic E-state index is 15.1. The molecule has 1 aliphatic heterocycles. The number of aromatic nitrogens is 1. The number of benzene rings is 3. The van der Waals surface area contributed by atoms with E-state index >= 15 is 4.39 Å². The quantitative estimate of drug-likeness (QED) is 0.142. The lowest BCUT2D eigenvalue weighted by Gasteiger charge is -2.33. The second-order valence-corrected chi connectivity index (χ2v) is 13.3. The van der Waals surface area contributed by atoms with Gasteiger partial charge in [0.05, 0.1) is 21.5 Å². The molecule has 0 unspecified atom stereocenters. The van der Waals surface area contributed by atoms with Crippen LogP contribution in [0.5, 0.6) is 11.5 Å². The number of piperazine rings is 1. The molecule has 2 amide bonds. The number of nitrogens with one attached hydrogen (secondary N) is 2. The summed E-state index contributed by atoms with van der Waals surface area (Å²) in [5.74, 6) is -1.60. The van der Waals surface area contributed by atoms with Gasteiger partial charge in [-0.15, -0.1) is 11.3 Å². The van der Waals surface area contributed by atoms with Gasteiger partial charge in [0.1, 0.15) is 11.6 Å². The number of urea groups is 1. The van der Waals surface area contributed by atoms with Crippen LogP contribution in [0.3, 0.4) is 0 Å². The summed E-state index contributed by atoms with van der Waals surface area (Å²) in [6, 6.07) is 16.2. The monoisotopic (exact) mass is 710 g/mol. The van der Waals surface area contributed by atoms with Crippen LogP contribution in [0.15, 0.2) is 79.0 Å². The molecular weight excluding hydrogens is 675 g/mol. The van der Waals surface area contributed by atoms with Crippen molar-refractivity contribution in [1.29, 1.82) is 0 Å². The third kappa shape index (κ3) is 8.74. The molecule has 14 heteroatoms. The number of carbonyl (C=O) groups is 1. The summed E-state index contributed by atoms with van der Waals surface area (Å²) in [4.78, 5) is 25.0. The van der Waals surface area contributed by atoms with Gasteiger partial charge in [-0.1, -0.05) is 24.3 Å². The third-order valence-corrected chi connectivity index (χ3v) is 9.60. The van der Waals surface area contributed by atoms with Crippen LogP contribution in [0.25, 0.3) is 20.7 Å². The minimum atomic E-state index is -4.72. The van der Waals surface area contributed by atoms with Gasteiger partial charge in [0.2, 0.25) is 0 Å². The maximum atomic E-state index is 15.1. The van der Waals surface area contributed by atoms with Crippen LogP contribution in [0.2, 0.25) is 0 Å². The first-order valence-corrected chi connectivity index (χ1v) is 16.7. The lowest BCUT2D eigenvalue weighted by molar-refractivity contribution is -0.137. The number of nitrogens with zero attached hydrogens (tertiary/aromatic N) is 4. The number of fused-ring (bicyclic) bond motifs is 1. The molecule has 2 aromatic heterocycles. The Balaban J connectivity index is 1.07. The fraction of sp³-hybridized carbons (Fsp3) is 0.278. The molecule has 0 bridgehead atoms. The molecule has 8 nitrogen and oxygen atoms in total. The zero-order valence-electron chi connectivity index (χ0n) is 27.4. The predicted molar refractivity (Wildman–Crippen MR) is 186 cm³/mol. The molecule has 3 heterocycles. The number of ether oxygens (including phenoxy) is 1. The standard InChI is InChI=1S/C36H35F5N6O2S/c1-45-13-16-47(17-14-45)18-15-46(2)22-23-3-5-24(6-4-23)33-21-30-34(50-33)32(11-12-42-30)49-31-10-8-26(20-28(31)38)43-35(48)44-29-19-25(36(39,40)41)7-9-27(29)37/h3-12,19-21H,13-18,22H2,1-2H3,(H2,43,44,48). The number of halogens is 5. The minimum absolute atomic E-state index is 0.0253. The number of alkyl halides is 3. The zero-order valence-corrected chi connectivity index (χ0v) is 28.2. The van der Waals surface area contributed by atoms with Crippen molar-refractivity contribution in [1.82, 2.24) is 19.7 Å². The first kappa shape index (κ1) is 35.2. The number of rotatable bonds is 10. The third-order valence-electron chi connectivity index (χ3n) is 8.41. The summed E-state index contributed by atoms with van der Waals surface area (Å²) >= 11 is 1.47. The Hall–Kier alpha value is -4.63. The molecule has 1 fully saturated rings. The van der Waals surface area contributed by atoms with Crippen LogP contribution in [-0.4, -0.2) is 79.1 Å². The number of hydrogen-bond acceptors (Lipinski definition) is 7. The summed E-state index contributed by atoms with van der Waals surface area (Å²) in [6.45, 7) is 7.33. The van der Waals surface area contributed by atoms with Crippen molar-refractivity contribution in [3.8, 4) is 21.9 Å². The summed E-state index contributed by atoms with van der Waals surface area (Å²) in [5.41, 5.74) is 1.09. The second-order valence-electron chi connectivity index (χ2n) is 12.2. The average molecular weight is 711 g/mol. The van der Waals surface area contributed by atoms with Gasteiger partial charge in [0.15, 0.2) is 11.6 Å². The van der Waals surface area contributed by atoms with Crippen LogP contribution in [0.1, 0.15) is 11.1 Å². The number of thiophene rings is 1. The maximum Gasteiger partial charge on any atom is 0.416 e. The summed E-state index contributed by atoms with van der Waals surface area (Å²) in [5, 5.41) is 4.31. The van der Waals surface area contributed by atoms with E-state index in [-0.39, 0.29) is 11.4 Å². The van der Waals surface area contributed by atoms with Crippen LogP contribution < -0.4 is 15.4 Å². The highest BCUT2D eigenvalue weighted by atomic mass is 32.1. The smallest absolute Gasteiger partial charge is 0.416 e. The van der Waals surface area contributed by atoms with Crippen LogP contribution in [0, 0.1) is 11.6 Å². The first-order valence-electron chi connectivity index (χ1n) is 15.9. The summed E-state index contributed by atoms with van der Waals surface area (Å²) in [6.07, 6.45) is -3.15. The average Bonchev–Trinajstić information content (AvgIpc) is 3.52. The van der Waals surface area contributed by atoms with E-state index in [4.69, 9.17) is 4.74 Å². The summed E-state index contributed by atoms with van der Waals surface area (Å²) < 4.78 is 74.8. The molecule has 262 valence electrons.